The van der Waals surface area contributed by atoms with Gasteiger partial charge in [0.15, 0.2) is 0 Å². The Labute approximate surface area is 163 Å². The number of unbranched alkanes of at least 4 members (excludes halogenated alkanes) is 1. The molecule has 0 aromatic heterocycles. The van der Waals surface area contributed by atoms with Gasteiger partial charge in [-0.2, -0.15) is 0 Å². The van der Waals surface area contributed by atoms with Crippen LogP contribution < -0.4 is 0 Å². The number of aliphatic hydroxyl groups is 2. The maximum atomic E-state index is 10.6. The van der Waals surface area contributed by atoms with Crippen molar-refractivity contribution in [1.82, 2.24) is 0 Å². The number of aliphatic hydroxyl groups excluding tert-OH is 2. The van der Waals surface area contributed by atoms with E-state index in [1.807, 2.05) is 19.1 Å². The van der Waals surface area contributed by atoms with Crippen molar-refractivity contribution in [3.63, 3.8) is 0 Å². The molecule has 0 bridgehead atoms. The predicted molar refractivity (Wildman–Crippen MR) is 105 cm³/mol. The molecule has 2 rings (SSSR count). The van der Waals surface area contributed by atoms with Gasteiger partial charge in [0.2, 0.25) is 0 Å². The van der Waals surface area contributed by atoms with Crippen LogP contribution in [0.4, 0.5) is 0 Å². The van der Waals surface area contributed by atoms with E-state index in [2.05, 4.69) is 19.9 Å². The number of ether oxygens (including phenoxy) is 1. The number of rotatable bonds is 10. The second-order valence-corrected chi connectivity index (χ2v) is 8.59. The van der Waals surface area contributed by atoms with Crippen LogP contribution in [0.25, 0.3) is 0 Å². The van der Waals surface area contributed by atoms with Crippen LogP contribution in [-0.4, -0.2) is 45.7 Å². The Hall–Kier alpha value is -1.17. The summed E-state index contributed by atoms with van der Waals surface area (Å²) >= 11 is 0. The van der Waals surface area contributed by atoms with E-state index in [0.29, 0.717) is 18.8 Å². The Morgan fingerprint density at radius 2 is 2.00 bits per heavy atom. The van der Waals surface area contributed by atoms with Crippen molar-refractivity contribution in [2.75, 3.05) is 0 Å². The summed E-state index contributed by atoms with van der Waals surface area (Å²) < 4.78 is 6.10. The van der Waals surface area contributed by atoms with Gasteiger partial charge in [0.05, 0.1) is 24.4 Å². The van der Waals surface area contributed by atoms with E-state index in [1.54, 1.807) is 0 Å². The number of aliphatic carboxylic acids is 1. The van der Waals surface area contributed by atoms with Gasteiger partial charge >= 0.3 is 5.97 Å². The standard InChI is InChI=1S/C22H36O5/c1-14(2)8-9-15(3)19(23)11-10-17-18-12-16(6-4-5-7-22(25)26)27-21(18)13-20(17)24/h8,10-11,15-21,23-24H,4-7,9,12-13H2,1-3H3,(H,25,26)/t15?,16-,17+,18+,19+,20+,21-/m0/s1. The molecule has 154 valence electrons. The fourth-order valence-electron chi connectivity index (χ4n) is 4.27. The molecule has 2 fully saturated rings. The van der Waals surface area contributed by atoms with E-state index in [9.17, 15) is 15.0 Å². The fraction of sp³-hybridized carbons (Fsp3) is 0.773. The number of hydrogen-bond donors (Lipinski definition) is 3. The summed E-state index contributed by atoms with van der Waals surface area (Å²) in [5.74, 6) is -0.275. The first-order valence-corrected chi connectivity index (χ1v) is 10.3. The molecule has 1 aliphatic carbocycles. The molecular weight excluding hydrogens is 344 g/mol. The lowest BCUT2D eigenvalue weighted by Gasteiger charge is -2.19. The lowest BCUT2D eigenvalue weighted by Crippen LogP contribution is -2.20. The summed E-state index contributed by atoms with van der Waals surface area (Å²) in [5, 5.41) is 29.5. The highest BCUT2D eigenvalue weighted by Crippen LogP contribution is 2.45. The van der Waals surface area contributed by atoms with Crippen LogP contribution in [0, 0.1) is 17.8 Å². The van der Waals surface area contributed by atoms with Crippen LogP contribution in [-0.2, 0) is 9.53 Å². The minimum absolute atomic E-state index is 0.0318. The number of carbonyl (C=O) groups is 1. The fourth-order valence-corrected chi connectivity index (χ4v) is 4.27. The zero-order valence-electron chi connectivity index (χ0n) is 16.9. The molecule has 5 nitrogen and oxygen atoms in total. The molecule has 1 aliphatic heterocycles. The van der Waals surface area contributed by atoms with Crippen LogP contribution in [0.1, 0.15) is 65.7 Å². The van der Waals surface area contributed by atoms with Crippen molar-refractivity contribution in [3.05, 3.63) is 23.8 Å². The maximum absolute atomic E-state index is 10.6. The van der Waals surface area contributed by atoms with Gasteiger partial charge in [-0.3, -0.25) is 4.79 Å². The molecule has 5 heteroatoms. The third kappa shape index (κ3) is 6.74. The van der Waals surface area contributed by atoms with Crippen molar-refractivity contribution in [2.45, 2.75) is 90.1 Å². The number of carboxylic acids is 1. The summed E-state index contributed by atoms with van der Waals surface area (Å²) in [4.78, 5) is 10.6. The van der Waals surface area contributed by atoms with Crippen LogP contribution >= 0.6 is 0 Å². The number of carboxylic acid groups (broad SMARTS) is 1. The highest BCUT2D eigenvalue weighted by atomic mass is 16.5. The first-order valence-electron chi connectivity index (χ1n) is 10.3. The van der Waals surface area contributed by atoms with Gasteiger partial charge < -0.3 is 20.1 Å². The van der Waals surface area contributed by atoms with Crippen LogP contribution in [0.5, 0.6) is 0 Å². The van der Waals surface area contributed by atoms with Crippen LogP contribution in [0.15, 0.2) is 23.8 Å². The lowest BCUT2D eigenvalue weighted by atomic mass is 9.88. The van der Waals surface area contributed by atoms with E-state index in [1.165, 1.54) is 5.57 Å². The molecule has 1 unspecified atom stereocenters. The second kappa shape index (κ2) is 10.4. The van der Waals surface area contributed by atoms with Crippen molar-refractivity contribution in [2.24, 2.45) is 17.8 Å². The zero-order valence-corrected chi connectivity index (χ0v) is 16.9. The third-order valence-corrected chi connectivity index (χ3v) is 5.97. The van der Waals surface area contributed by atoms with Gasteiger partial charge in [-0.25, -0.2) is 0 Å². The smallest absolute Gasteiger partial charge is 0.303 e. The topological polar surface area (TPSA) is 87.0 Å². The Kier molecular flexibility index (Phi) is 8.52. The normalized spacial score (nSPS) is 32.4. The van der Waals surface area contributed by atoms with E-state index in [0.717, 1.165) is 25.7 Å². The Bertz CT molecular complexity index is 537. The minimum atomic E-state index is -0.745. The van der Waals surface area contributed by atoms with Crippen molar-refractivity contribution in [3.8, 4) is 0 Å². The van der Waals surface area contributed by atoms with Crippen molar-refractivity contribution in [1.29, 1.82) is 0 Å². The van der Waals surface area contributed by atoms with Crippen LogP contribution in [0.2, 0.25) is 0 Å². The van der Waals surface area contributed by atoms with Gasteiger partial charge in [-0.05, 0) is 51.4 Å². The molecule has 0 amide bonds. The first kappa shape index (κ1) is 22.1. The van der Waals surface area contributed by atoms with Gasteiger partial charge in [0, 0.05) is 18.8 Å². The highest BCUT2D eigenvalue weighted by Gasteiger charge is 2.47. The van der Waals surface area contributed by atoms with Crippen molar-refractivity contribution >= 4 is 5.97 Å². The molecule has 1 saturated carbocycles. The molecule has 0 aromatic rings. The zero-order chi connectivity index (χ0) is 20.0. The summed E-state index contributed by atoms with van der Waals surface area (Å²) in [7, 11) is 0. The largest absolute Gasteiger partial charge is 0.481 e. The number of allylic oxidation sites excluding steroid dienone is 2. The van der Waals surface area contributed by atoms with E-state index in [4.69, 9.17) is 9.84 Å². The average Bonchev–Trinajstić information content (AvgIpc) is 3.10. The SMILES string of the molecule is CC(C)=CCC(C)[C@H](O)C=C[C@@H]1[C@H]2C[C@H](CCCCC(=O)O)O[C@H]2C[C@H]1O. The Balaban J connectivity index is 1.83. The van der Waals surface area contributed by atoms with E-state index >= 15 is 0 Å². The van der Waals surface area contributed by atoms with Gasteiger partial charge in [-0.15, -0.1) is 0 Å². The second-order valence-electron chi connectivity index (χ2n) is 8.59. The molecule has 0 radical (unpaired) electrons. The minimum Gasteiger partial charge on any atom is -0.481 e. The predicted octanol–water partition coefficient (Wildman–Crippen LogP) is 3.70. The maximum Gasteiger partial charge on any atom is 0.303 e. The summed E-state index contributed by atoms with van der Waals surface area (Å²) in [5.41, 5.74) is 1.25. The number of hydrogen-bond acceptors (Lipinski definition) is 4. The molecule has 7 atom stereocenters. The molecule has 2 aliphatic rings. The molecule has 3 N–H and O–H groups in total. The Morgan fingerprint density at radius 1 is 1.26 bits per heavy atom. The third-order valence-electron chi connectivity index (χ3n) is 5.97. The summed E-state index contributed by atoms with van der Waals surface area (Å²) in [6, 6.07) is 0. The molecule has 0 spiro atoms. The number of fused-ring (bicyclic) bond motifs is 1. The Morgan fingerprint density at radius 3 is 2.67 bits per heavy atom. The molecule has 0 aromatic carbocycles. The van der Waals surface area contributed by atoms with Gasteiger partial charge in [0.1, 0.15) is 0 Å². The molecule has 27 heavy (non-hydrogen) atoms. The van der Waals surface area contributed by atoms with Crippen molar-refractivity contribution < 1.29 is 24.9 Å². The van der Waals surface area contributed by atoms with E-state index in [-0.39, 0.29) is 30.5 Å². The first-order chi connectivity index (χ1) is 12.8. The van der Waals surface area contributed by atoms with Gasteiger partial charge in [-0.1, -0.05) is 37.1 Å². The summed E-state index contributed by atoms with van der Waals surface area (Å²) in [6.07, 6.45) is 10.4. The molecule has 1 heterocycles. The van der Waals surface area contributed by atoms with Gasteiger partial charge in [0.25, 0.3) is 0 Å². The highest BCUT2D eigenvalue weighted by molar-refractivity contribution is 5.66. The molecule has 1 saturated heterocycles. The average molecular weight is 381 g/mol. The quantitative estimate of drug-likeness (QED) is 0.397. The monoisotopic (exact) mass is 380 g/mol. The lowest BCUT2D eigenvalue weighted by molar-refractivity contribution is -0.137. The summed E-state index contributed by atoms with van der Waals surface area (Å²) in [6.45, 7) is 6.15. The van der Waals surface area contributed by atoms with Crippen LogP contribution in [0.3, 0.4) is 0 Å². The molecular formula is C22H36O5. The van der Waals surface area contributed by atoms with E-state index < -0.39 is 18.2 Å².